The van der Waals surface area contributed by atoms with Crippen LogP contribution >= 0.6 is 0 Å². The number of pyridine rings is 1. The van der Waals surface area contributed by atoms with Crippen molar-refractivity contribution in [3.05, 3.63) is 52.4 Å². The molecular formula is C15H18N2O2. The van der Waals surface area contributed by atoms with Crippen LogP contribution in [0.3, 0.4) is 0 Å². The fourth-order valence-electron chi connectivity index (χ4n) is 2.13. The molecule has 0 fully saturated rings. The molecule has 1 aromatic heterocycles. The zero-order chi connectivity index (χ0) is 13.8. The summed E-state index contributed by atoms with van der Waals surface area (Å²) in [4.78, 5) is 12.2. The number of anilines is 1. The molecule has 0 aliphatic rings. The Morgan fingerprint density at radius 3 is 2.79 bits per heavy atom. The van der Waals surface area contributed by atoms with Gasteiger partial charge in [0, 0.05) is 11.9 Å². The van der Waals surface area contributed by atoms with Gasteiger partial charge in [0.15, 0.2) is 5.75 Å². The molecule has 0 spiro atoms. The number of benzene rings is 1. The summed E-state index contributed by atoms with van der Waals surface area (Å²) >= 11 is 0. The van der Waals surface area contributed by atoms with Gasteiger partial charge in [-0.1, -0.05) is 13.3 Å². The number of hydrogen-bond donors (Lipinski definition) is 1. The van der Waals surface area contributed by atoms with Crippen LogP contribution < -0.4 is 16.0 Å². The molecule has 2 aromatic rings. The van der Waals surface area contributed by atoms with Crippen molar-refractivity contribution >= 4 is 5.69 Å². The van der Waals surface area contributed by atoms with Crippen molar-refractivity contribution in [2.75, 3.05) is 12.8 Å². The van der Waals surface area contributed by atoms with Crippen LogP contribution in [0.1, 0.15) is 18.9 Å². The predicted octanol–water partition coefficient (Wildman–Crippen LogP) is 2.38. The third kappa shape index (κ3) is 2.62. The van der Waals surface area contributed by atoms with E-state index in [4.69, 9.17) is 10.5 Å². The van der Waals surface area contributed by atoms with Crippen molar-refractivity contribution < 1.29 is 4.74 Å². The number of nitrogen functional groups attached to an aromatic ring is 1. The Bertz CT molecular complexity index is 632. The fourth-order valence-corrected chi connectivity index (χ4v) is 2.13. The van der Waals surface area contributed by atoms with Gasteiger partial charge in [0.05, 0.1) is 12.8 Å². The maximum atomic E-state index is 12.2. The minimum Gasteiger partial charge on any atom is -0.491 e. The molecule has 0 radical (unpaired) electrons. The van der Waals surface area contributed by atoms with E-state index in [1.807, 2.05) is 12.1 Å². The van der Waals surface area contributed by atoms with E-state index in [0.717, 1.165) is 24.1 Å². The van der Waals surface area contributed by atoms with Crippen molar-refractivity contribution in [1.29, 1.82) is 0 Å². The monoisotopic (exact) mass is 258 g/mol. The Kier molecular flexibility index (Phi) is 3.90. The third-order valence-corrected chi connectivity index (χ3v) is 3.01. The molecular weight excluding hydrogens is 240 g/mol. The van der Waals surface area contributed by atoms with Gasteiger partial charge in [-0.05, 0) is 42.3 Å². The van der Waals surface area contributed by atoms with Gasteiger partial charge in [0.2, 0.25) is 0 Å². The molecule has 0 saturated heterocycles. The van der Waals surface area contributed by atoms with Crippen molar-refractivity contribution in [2.45, 2.75) is 19.8 Å². The van der Waals surface area contributed by atoms with Crippen LogP contribution in [0.5, 0.6) is 5.75 Å². The Labute approximate surface area is 112 Å². The molecule has 19 heavy (non-hydrogen) atoms. The molecule has 1 heterocycles. The number of rotatable bonds is 4. The normalized spacial score (nSPS) is 10.4. The summed E-state index contributed by atoms with van der Waals surface area (Å²) < 4.78 is 6.67. The molecule has 4 heteroatoms. The highest BCUT2D eigenvalue weighted by Gasteiger charge is 2.09. The fraction of sp³-hybridized carbons (Fsp3) is 0.267. The van der Waals surface area contributed by atoms with Crippen molar-refractivity contribution in [3.8, 4) is 11.4 Å². The summed E-state index contributed by atoms with van der Waals surface area (Å²) in [6, 6.07) is 9.06. The molecule has 4 nitrogen and oxygen atoms in total. The first kappa shape index (κ1) is 13.2. The molecule has 0 aliphatic heterocycles. The van der Waals surface area contributed by atoms with E-state index in [0.29, 0.717) is 11.4 Å². The minimum absolute atomic E-state index is 0.160. The maximum Gasteiger partial charge on any atom is 0.297 e. The average Bonchev–Trinajstić information content (AvgIpc) is 2.40. The number of aryl methyl sites for hydroxylation is 1. The van der Waals surface area contributed by atoms with Crippen LogP contribution in [0, 0.1) is 0 Å². The maximum absolute atomic E-state index is 12.2. The second kappa shape index (κ2) is 5.61. The lowest BCUT2D eigenvalue weighted by molar-refractivity contribution is 0.406. The molecule has 0 atom stereocenters. The first-order valence-electron chi connectivity index (χ1n) is 6.31. The van der Waals surface area contributed by atoms with Crippen LogP contribution in [0.4, 0.5) is 5.69 Å². The van der Waals surface area contributed by atoms with Crippen LogP contribution in [0.15, 0.2) is 41.3 Å². The van der Waals surface area contributed by atoms with Gasteiger partial charge in [0.1, 0.15) is 0 Å². The number of nitrogens with two attached hydrogens (primary N) is 1. The van der Waals surface area contributed by atoms with Gasteiger partial charge in [-0.3, -0.25) is 9.36 Å². The zero-order valence-electron chi connectivity index (χ0n) is 11.2. The highest BCUT2D eigenvalue weighted by Crippen LogP contribution is 2.19. The first-order valence-corrected chi connectivity index (χ1v) is 6.31. The largest absolute Gasteiger partial charge is 0.491 e. The number of nitrogens with zero attached hydrogens (tertiary/aromatic N) is 1. The summed E-state index contributed by atoms with van der Waals surface area (Å²) in [6.45, 7) is 2.10. The predicted molar refractivity (Wildman–Crippen MR) is 77.0 cm³/mol. The molecule has 1 aromatic carbocycles. The molecule has 0 amide bonds. The zero-order valence-corrected chi connectivity index (χ0v) is 11.2. The van der Waals surface area contributed by atoms with Crippen molar-refractivity contribution in [1.82, 2.24) is 4.57 Å². The smallest absolute Gasteiger partial charge is 0.297 e. The van der Waals surface area contributed by atoms with Crippen LogP contribution in [0.25, 0.3) is 5.69 Å². The Hall–Kier alpha value is -2.23. The van der Waals surface area contributed by atoms with E-state index in [9.17, 15) is 4.79 Å². The molecule has 0 unspecified atom stereocenters. The molecule has 2 N–H and O–H groups in total. The van der Waals surface area contributed by atoms with Crippen molar-refractivity contribution in [2.24, 2.45) is 0 Å². The lowest BCUT2D eigenvalue weighted by Crippen LogP contribution is -2.20. The highest BCUT2D eigenvalue weighted by atomic mass is 16.5. The molecule has 2 rings (SSSR count). The van der Waals surface area contributed by atoms with E-state index in [2.05, 4.69) is 6.92 Å². The van der Waals surface area contributed by atoms with Crippen LogP contribution in [-0.2, 0) is 6.42 Å². The summed E-state index contributed by atoms with van der Waals surface area (Å²) in [5.74, 6) is 0.335. The summed E-state index contributed by atoms with van der Waals surface area (Å²) in [5.41, 5.74) is 8.30. The number of hydrogen-bond acceptors (Lipinski definition) is 3. The standard InChI is InChI=1S/C15H18N2O2/c1-3-5-11-10-12(16)7-8-13(11)17-9-4-6-14(19-2)15(17)18/h4,6-10H,3,5,16H2,1-2H3. The number of aromatic nitrogens is 1. The van der Waals surface area contributed by atoms with Gasteiger partial charge in [-0.15, -0.1) is 0 Å². The summed E-state index contributed by atoms with van der Waals surface area (Å²) in [6.07, 6.45) is 3.62. The second-order valence-corrected chi connectivity index (χ2v) is 4.39. The van der Waals surface area contributed by atoms with E-state index in [1.165, 1.54) is 7.11 Å². The number of ether oxygens (including phenoxy) is 1. The number of methoxy groups -OCH3 is 1. The van der Waals surface area contributed by atoms with Crippen LogP contribution in [-0.4, -0.2) is 11.7 Å². The lowest BCUT2D eigenvalue weighted by Gasteiger charge is -2.13. The van der Waals surface area contributed by atoms with Gasteiger partial charge in [-0.2, -0.15) is 0 Å². The van der Waals surface area contributed by atoms with E-state index in [-0.39, 0.29) is 5.56 Å². The van der Waals surface area contributed by atoms with E-state index >= 15 is 0 Å². The quantitative estimate of drug-likeness (QED) is 0.857. The van der Waals surface area contributed by atoms with Crippen LogP contribution in [0.2, 0.25) is 0 Å². The Morgan fingerprint density at radius 1 is 1.32 bits per heavy atom. The van der Waals surface area contributed by atoms with Gasteiger partial charge in [-0.25, -0.2) is 0 Å². The third-order valence-electron chi connectivity index (χ3n) is 3.01. The first-order chi connectivity index (χ1) is 9.17. The van der Waals surface area contributed by atoms with E-state index < -0.39 is 0 Å². The van der Waals surface area contributed by atoms with Gasteiger partial charge < -0.3 is 10.5 Å². The SMILES string of the molecule is CCCc1cc(N)ccc1-n1cccc(OC)c1=O. The van der Waals surface area contributed by atoms with Gasteiger partial charge >= 0.3 is 0 Å². The van der Waals surface area contributed by atoms with Crippen molar-refractivity contribution in [3.63, 3.8) is 0 Å². The van der Waals surface area contributed by atoms with E-state index in [1.54, 1.807) is 29.0 Å². The van der Waals surface area contributed by atoms with Gasteiger partial charge in [0.25, 0.3) is 5.56 Å². The molecule has 0 bridgehead atoms. The lowest BCUT2D eigenvalue weighted by atomic mass is 10.1. The molecule has 0 aliphatic carbocycles. The summed E-state index contributed by atoms with van der Waals surface area (Å²) in [7, 11) is 1.50. The Morgan fingerprint density at radius 2 is 2.11 bits per heavy atom. The second-order valence-electron chi connectivity index (χ2n) is 4.39. The minimum atomic E-state index is -0.160. The highest BCUT2D eigenvalue weighted by molar-refractivity contribution is 5.52. The Balaban J connectivity index is 2.62. The molecule has 0 saturated carbocycles. The topological polar surface area (TPSA) is 57.2 Å². The molecule has 100 valence electrons. The summed E-state index contributed by atoms with van der Waals surface area (Å²) in [5, 5.41) is 0. The average molecular weight is 258 g/mol.